The molecular weight excluding hydrogens is 536 g/mol. The van der Waals surface area contributed by atoms with Gasteiger partial charge in [-0.15, -0.1) is 0 Å². The van der Waals surface area contributed by atoms with Crippen molar-refractivity contribution in [2.75, 3.05) is 77.4 Å². The van der Waals surface area contributed by atoms with Gasteiger partial charge in [-0.3, -0.25) is 4.90 Å². The van der Waals surface area contributed by atoms with Crippen LogP contribution in [0.2, 0.25) is 0 Å². The molecule has 4 heterocycles. The van der Waals surface area contributed by atoms with Crippen LogP contribution in [0.5, 0.6) is 5.75 Å². The molecule has 3 N–H and O–H groups in total. The van der Waals surface area contributed by atoms with Crippen molar-refractivity contribution < 1.29 is 22.6 Å². The lowest BCUT2D eigenvalue weighted by molar-refractivity contribution is 0.00610. The van der Waals surface area contributed by atoms with Crippen molar-refractivity contribution in [3.8, 4) is 11.8 Å². The van der Waals surface area contributed by atoms with Gasteiger partial charge in [0.25, 0.3) is 0 Å². The fourth-order valence-electron chi connectivity index (χ4n) is 5.17. The van der Waals surface area contributed by atoms with Crippen LogP contribution in [0.15, 0.2) is 29.3 Å². The van der Waals surface area contributed by atoms with Crippen molar-refractivity contribution >= 4 is 38.5 Å². The van der Waals surface area contributed by atoms with E-state index >= 15 is 0 Å². The van der Waals surface area contributed by atoms with Gasteiger partial charge in [0.1, 0.15) is 23.3 Å². The predicted octanol–water partition coefficient (Wildman–Crippen LogP) is 2.13. The number of aromatic nitrogens is 3. The Bertz CT molecular complexity index is 1470. The first kappa shape index (κ1) is 28.1. The van der Waals surface area contributed by atoms with Crippen molar-refractivity contribution in [1.82, 2.24) is 24.2 Å². The summed E-state index contributed by atoms with van der Waals surface area (Å²) in [6, 6.07) is 7.25. The van der Waals surface area contributed by atoms with Crippen molar-refractivity contribution in [2.24, 2.45) is 0 Å². The monoisotopic (exact) mass is 570 g/mol. The normalized spacial score (nSPS) is 17.5. The lowest BCUT2D eigenvalue weighted by atomic mass is 10.0. The predicted molar refractivity (Wildman–Crippen MR) is 149 cm³/mol. The lowest BCUT2D eigenvalue weighted by Crippen LogP contribution is -2.50. The third-order valence-corrected chi connectivity index (χ3v) is 9.19. The Balaban J connectivity index is 1.34. The molecule has 13 nitrogen and oxygen atoms in total. The second kappa shape index (κ2) is 12.4. The summed E-state index contributed by atoms with van der Waals surface area (Å²) in [5.74, 6) is 1.06. The molecule has 0 amide bonds. The number of hydrogen-bond donors (Lipinski definition) is 3. The van der Waals surface area contributed by atoms with Gasteiger partial charge in [0, 0.05) is 58.1 Å². The number of ether oxygens (including phenoxy) is 3. The molecular formula is C26H34N8O5S. The van der Waals surface area contributed by atoms with Gasteiger partial charge in [0.15, 0.2) is 0 Å². The summed E-state index contributed by atoms with van der Waals surface area (Å²) in [5, 5.41) is 16.4. The molecule has 2 aliphatic rings. The number of benzene rings is 1. The minimum atomic E-state index is -3.69. The van der Waals surface area contributed by atoms with Crippen molar-refractivity contribution in [3.63, 3.8) is 0 Å². The van der Waals surface area contributed by atoms with Crippen LogP contribution in [0.4, 0.5) is 17.5 Å². The largest absolute Gasteiger partial charge is 0.495 e. The zero-order chi connectivity index (χ0) is 28.1. The molecule has 3 aromatic rings. The third kappa shape index (κ3) is 5.84. The van der Waals surface area contributed by atoms with Gasteiger partial charge in [-0.2, -0.15) is 19.5 Å². The highest BCUT2D eigenvalue weighted by atomic mass is 32.2. The van der Waals surface area contributed by atoms with Crippen LogP contribution in [0.1, 0.15) is 18.4 Å². The van der Waals surface area contributed by atoms with Crippen LogP contribution in [-0.4, -0.2) is 105 Å². The molecule has 0 aliphatic carbocycles. The summed E-state index contributed by atoms with van der Waals surface area (Å²) in [6.45, 7) is 5.14. The van der Waals surface area contributed by atoms with Crippen LogP contribution in [-0.2, 0) is 19.5 Å². The fourth-order valence-corrected chi connectivity index (χ4v) is 6.66. The Morgan fingerprint density at radius 3 is 2.65 bits per heavy atom. The third-order valence-electron chi connectivity index (χ3n) is 7.29. The van der Waals surface area contributed by atoms with E-state index < -0.39 is 10.0 Å². The number of methoxy groups -OCH3 is 2. The Morgan fingerprint density at radius 2 is 1.95 bits per heavy atom. The topological polar surface area (TPSA) is 158 Å². The van der Waals surface area contributed by atoms with Crippen LogP contribution in [0, 0.1) is 11.3 Å². The number of rotatable bonds is 10. The average Bonchev–Trinajstić information content (AvgIpc) is 3.41. The number of piperidine rings is 1. The Morgan fingerprint density at radius 1 is 1.18 bits per heavy atom. The minimum absolute atomic E-state index is 0.168. The second-order valence-electron chi connectivity index (χ2n) is 9.62. The first-order valence-electron chi connectivity index (χ1n) is 13.2. The molecule has 2 saturated heterocycles. The zero-order valence-corrected chi connectivity index (χ0v) is 23.5. The Labute approximate surface area is 233 Å². The molecule has 0 bridgehead atoms. The van der Waals surface area contributed by atoms with Crippen molar-refractivity contribution in [1.29, 1.82) is 5.26 Å². The quantitative estimate of drug-likeness (QED) is 0.307. The number of sulfonamides is 1. The van der Waals surface area contributed by atoms with Gasteiger partial charge in [0.05, 0.1) is 48.5 Å². The van der Waals surface area contributed by atoms with E-state index in [9.17, 15) is 13.7 Å². The molecule has 40 heavy (non-hydrogen) atoms. The number of H-pyrrole nitrogens is 1. The molecule has 214 valence electrons. The molecule has 0 unspecified atom stereocenters. The van der Waals surface area contributed by atoms with Gasteiger partial charge in [-0.05, 0) is 25.0 Å². The summed E-state index contributed by atoms with van der Waals surface area (Å²) in [4.78, 5) is 14.6. The number of nitriles is 1. The van der Waals surface area contributed by atoms with E-state index in [1.807, 2.05) is 0 Å². The summed E-state index contributed by atoms with van der Waals surface area (Å²) >= 11 is 0. The average molecular weight is 571 g/mol. The van der Waals surface area contributed by atoms with E-state index in [1.165, 1.54) is 13.2 Å². The molecule has 5 rings (SSSR count). The van der Waals surface area contributed by atoms with Crippen LogP contribution in [0.25, 0.3) is 11.0 Å². The minimum Gasteiger partial charge on any atom is -0.495 e. The van der Waals surface area contributed by atoms with E-state index in [2.05, 4.69) is 36.6 Å². The number of hydrogen-bond acceptors (Lipinski definition) is 11. The van der Waals surface area contributed by atoms with Crippen molar-refractivity contribution in [2.45, 2.75) is 23.8 Å². The van der Waals surface area contributed by atoms with Gasteiger partial charge in [-0.1, -0.05) is 0 Å². The van der Waals surface area contributed by atoms with Gasteiger partial charge in [-0.25, -0.2) is 8.42 Å². The standard InChI is InChI=1S/C26H34N8O5S/c1-37-12-7-28-24-23-18(16-27)17-29-25(23)32-26(31-24)30-21-4-3-20(15-22(21)38-2)40(35,36)34-8-5-19(6-9-34)33-10-13-39-14-11-33/h3-4,15,17,19H,5-14H2,1-2H3,(H3,28,29,30,31,32). The SMILES string of the molecule is COCCNc1nc(Nc2ccc(S(=O)(=O)N3CCC(N4CCOCC4)CC3)cc2OC)nc2[nH]cc(C#N)c12. The fraction of sp³-hybridized carbons (Fsp3) is 0.500. The first-order valence-corrected chi connectivity index (χ1v) is 14.7. The Hall–Kier alpha value is -3.48. The maximum atomic E-state index is 13.5. The molecule has 14 heteroatoms. The smallest absolute Gasteiger partial charge is 0.243 e. The van der Waals surface area contributed by atoms with Crippen LogP contribution in [0.3, 0.4) is 0 Å². The van der Waals surface area contributed by atoms with Gasteiger partial charge < -0.3 is 29.8 Å². The molecule has 0 atom stereocenters. The highest BCUT2D eigenvalue weighted by molar-refractivity contribution is 7.89. The molecule has 0 saturated carbocycles. The Kier molecular flexibility index (Phi) is 8.67. The molecule has 2 fully saturated rings. The number of anilines is 3. The van der Waals surface area contributed by atoms with E-state index in [0.717, 1.165) is 39.1 Å². The maximum absolute atomic E-state index is 13.5. The van der Waals surface area contributed by atoms with Gasteiger partial charge in [0.2, 0.25) is 16.0 Å². The summed E-state index contributed by atoms with van der Waals surface area (Å²) < 4.78 is 44.7. The maximum Gasteiger partial charge on any atom is 0.243 e. The van der Waals surface area contributed by atoms with Crippen LogP contribution >= 0.6 is 0 Å². The molecule has 0 spiro atoms. The van der Waals surface area contributed by atoms with E-state index in [4.69, 9.17) is 14.2 Å². The summed E-state index contributed by atoms with van der Waals surface area (Å²) in [5.41, 5.74) is 1.40. The van der Waals surface area contributed by atoms with E-state index in [-0.39, 0.29) is 10.8 Å². The number of morpholine rings is 1. The van der Waals surface area contributed by atoms with E-state index in [1.54, 1.807) is 29.7 Å². The van der Waals surface area contributed by atoms with Gasteiger partial charge >= 0.3 is 0 Å². The summed E-state index contributed by atoms with van der Waals surface area (Å²) in [7, 11) is -0.608. The highest BCUT2D eigenvalue weighted by Crippen LogP contribution is 2.33. The zero-order valence-electron chi connectivity index (χ0n) is 22.6. The summed E-state index contributed by atoms with van der Waals surface area (Å²) in [6.07, 6.45) is 3.17. The number of nitrogens with one attached hydrogen (secondary N) is 3. The second-order valence-corrected chi connectivity index (χ2v) is 11.6. The van der Waals surface area contributed by atoms with E-state index in [0.29, 0.717) is 66.1 Å². The van der Waals surface area contributed by atoms with Crippen LogP contribution < -0.4 is 15.4 Å². The first-order chi connectivity index (χ1) is 19.4. The molecule has 2 aliphatic heterocycles. The number of nitrogens with zero attached hydrogens (tertiary/aromatic N) is 5. The molecule has 2 aromatic heterocycles. The highest BCUT2D eigenvalue weighted by Gasteiger charge is 2.32. The molecule has 0 radical (unpaired) electrons. The molecule has 1 aromatic carbocycles. The lowest BCUT2D eigenvalue weighted by Gasteiger charge is -2.39. The number of fused-ring (bicyclic) bond motifs is 1. The number of aromatic amines is 1. The van der Waals surface area contributed by atoms with Crippen molar-refractivity contribution in [3.05, 3.63) is 30.0 Å².